The molecule has 0 radical (unpaired) electrons. The summed E-state index contributed by atoms with van der Waals surface area (Å²) in [5.41, 5.74) is 0.0785. The quantitative estimate of drug-likeness (QED) is 0.394. The van der Waals surface area contributed by atoms with Crippen molar-refractivity contribution in [3.63, 3.8) is 0 Å². The van der Waals surface area contributed by atoms with Crippen LogP contribution in [0.2, 0.25) is 5.15 Å². The van der Waals surface area contributed by atoms with Crippen LogP contribution in [-0.2, 0) is 18.8 Å². The summed E-state index contributed by atoms with van der Waals surface area (Å²) in [7, 11) is -4.20. The second-order valence-corrected chi connectivity index (χ2v) is 12.8. The van der Waals surface area contributed by atoms with E-state index in [2.05, 4.69) is 10.1 Å². The Morgan fingerprint density at radius 2 is 2.08 bits per heavy atom. The van der Waals surface area contributed by atoms with Crippen LogP contribution in [0.1, 0.15) is 32.1 Å². The minimum atomic E-state index is -4.20. The third-order valence-corrected chi connectivity index (χ3v) is 9.09. The molecule has 36 heavy (non-hydrogen) atoms. The van der Waals surface area contributed by atoms with Crippen LogP contribution < -0.4 is 4.90 Å². The normalized spacial score (nSPS) is 29.1. The van der Waals surface area contributed by atoms with E-state index in [9.17, 15) is 28.4 Å². The number of nitrogens with zero attached hydrogens (tertiary/aromatic N) is 5. The standard InChI is InChI=1S/C20H23ClF2N5O6PS/c1-19(2)33-14-12(7-36-9-35(29,30)31)32-18(15(14)34-19)28-17-11(6-25-28)13(10(5-24)16(21)26-17)27-4-3-20(22,23)8-27/h6,12,14-15,18H,3-4,7-9H2,1-2H3,(H2,29,30,31)/t12-,14-,15-,18-/m1/s1. The molecule has 0 amide bonds. The zero-order chi connectivity index (χ0) is 26.0. The molecule has 11 nitrogen and oxygen atoms in total. The van der Waals surface area contributed by atoms with Gasteiger partial charge in [-0.05, 0) is 13.8 Å². The molecule has 0 aromatic carbocycles. The number of thioether (sulfide) groups is 1. The van der Waals surface area contributed by atoms with Crippen LogP contribution in [-0.4, -0.2) is 78.9 Å². The lowest BCUT2D eigenvalue weighted by Gasteiger charge is -2.24. The second kappa shape index (κ2) is 9.03. The Bertz CT molecular complexity index is 1290. The van der Waals surface area contributed by atoms with E-state index in [1.165, 1.54) is 15.8 Å². The molecule has 2 N–H and O–H groups in total. The monoisotopic (exact) mass is 565 g/mol. The minimum absolute atomic E-state index is 0.0140. The molecule has 0 spiro atoms. The third kappa shape index (κ3) is 4.83. The number of rotatable bonds is 6. The SMILES string of the molecule is CC1(C)O[C@@H]2[C@H](O1)[C@@H](CSCP(=O)(O)O)O[C@H]2n1ncc2c(N3CCC(F)(F)C3)c(C#N)c(Cl)nc21. The van der Waals surface area contributed by atoms with Crippen LogP contribution in [0, 0.1) is 11.3 Å². The molecule has 2 aromatic rings. The van der Waals surface area contributed by atoms with Crippen LogP contribution in [0.4, 0.5) is 14.5 Å². The molecule has 4 atom stereocenters. The Labute approximate surface area is 213 Å². The molecule has 0 unspecified atom stereocenters. The summed E-state index contributed by atoms with van der Waals surface area (Å²) in [5.74, 6) is -3.62. The lowest BCUT2D eigenvalue weighted by molar-refractivity contribution is -0.195. The second-order valence-electron chi connectivity index (χ2n) is 9.39. The largest absolute Gasteiger partial charge is 0.363 e. The van der Waals surface area contributed by atoms with Crippen LogP contribution in [0.3, 0.4) is 0 Å². The zero-order valence-electron chi connectivity index (χ0n) is 19.2. The molecule has 196 valence electrons. The first-order valence-corrected chi connectivity index (χ1v) is 14.3. The van der Waals surface area contributed by atoms with Crippen molar-refractivity contribution in [3.8, 4) is 6.07 Å². The molecule has 5 heterocycles. The maximum absolute atomic E-state index is 14.0. The first-order valence-electron chi connectivity index (χ1n) is 11.0. The summed E-state index contributed by atoms with van der Waals surface area (Å²) in [4.78, 5) is 24.1. The maximum Gasteiger partial charge on any atom is 0.335 e. The highest BCUT2D eigenvalue weighted by Crippen LogP contribution is 2.47. The summed E-state index contributed by atoms with van der Waals surface area (Å²) in [6.07, 6.45) is -1.54. The van der Waals surface area contributed by atoms with Crippen molar-refractivity contribution in [1.82, 2.24) is 14.8 Å². The Morgan fingerprint density at radius 1 is 1.36 bits per heavy atom. The molecule has 3 aliphatic heterocycles. The highest BCUT2D eigenvalue weighted by Gasteiger charge is 2.56. The lowest BCUT2D eigenvalue weighted by atomic mass is 10.1. The van der Waals surface area contributed by atoms with Crippen LogP contribution in [0.25, 0.3) is 11.0 Å². The van der Waals surface area contributed by atoms with Crippen molar-refractivity contribution in [3.05, 3.63) is 16.9 Å². The number of anilines is 1. The van der Waals surface area contributed by atoms with Gasteiger partial charge < -0.3 is 28.9 Å². The Balaban J connectivity index is 1.52. The Kier molecular flexibility index (Phi) is 6.53. The first-order chi connectivity index (χ1) is 16.8. The predicted octanol–water partition coefficient (Wildman–Crippen LogP) is 3.09. The zero-order valence-corrected chi connectivity index (χ0v) is 21.6. The van der Waals surface area contributed by atoms with Crippen molar-refractivity contribution in [2.24, 2.45) is 0 Å². The number of fused-ring (bicyclic) bond motifs is 2. The average molecular weight is 566 g/mol. The summed E-state index contributed by atoms with van der Waals surface area (Å²) in [6, 6.07) is 1.97. The molecular formula is C20H23ClF2N5O6PS. The van der Waals surface area contributed by atoms with E-state index >= 15 is 0 Å². The van der Waals surface area contributed by atoms with Crippen LogP contribution >= 0.6 is 31.0 Å². The smallest absolute Gasteiger partial charge is 0.335 e. The Morgan fingerprint density at radius 3 is 2.72 bits per heavy atom. The molecule has 3 fully saturated rings. The van der Waals surface area contributed by atoms with Gasteiger partial charge in [-0.25, -0.2) is 18.4 Å². The molecular weight excluding hydrogens is 543 g/mol. The first kappa shape index (κ1) is 26.1. The topological polar surface area (TPSA) is 143 Å². The van der Waals surface area contributed by atoms with Gasteiger partial charge in [0.25, 0.3) is 5.92 Å². The predicted molar refractivity (Wildman–Crippen MR) is 126 cm³/mol. The summed E-state index contributed by atoms with van der Waals surface area (Å²) >= 11 is 7.36. The van der Waals surface area contributed by atoms with Gasteiger partial charge in [0.15, 0.2) is 22.8 Å². The van der Waals surface area contributed by atoms with E-state index in [4.69, 9.17) is 25.8 Å². The maximum atomic E-state index is 14.0. The van der Waals surface area contributed by atoms with Gasteiger partial charge in [0.1, 0.15) is 23.8 Å². The Hall–Kier alpha value is -1.56. The van der Waals surface area contributed by atoms with Gasteiger partial charge in [-0.1, -0.05) is 11.6 Å². The molecule has 0 bridgehead atoms. The number of aromatic nitrogens is 3. The number of nitriles is 1. The number of pyridine rings is 1. The van der Waals surface area contributed by atoms with Crippen molar-refractivity contribution in [2.75, 3.05) is 29.2 Å². The van der Waals surface area contributed by atoms with Gasteiger partial charge in [-0.2, -0.15) is 10.4 Å². The van der Waals surface area contributed by atoms with Crippen molar-refractivity contribution >= 4 is 47.7 Å². The number of hydrogen-bond donors (Lipinski definition) is 2. The average Bonchev–Trinajstić information content (AvgIpc) is 3.48. The van der Waals surface area contributed by atoms with Gasteiger partial charge in [-0.15, -0.1) is 11.8 Å². The summed E-state index contributed by atoms with van der Waals surface area (Å²) in [6.45, 7) is 2.96. The van der Waals surface area contributed by atoms with Gasteiger partial charge in [0, 0.05) is 18.7 Å². The fraction of sp³-hybridized carbons (Fsp3) is 0.650. The number of alkyl halides is 2. The summed E-state index contributed by atoms with van der Waals surface area (Å²) in [5, 5.41) is 14.3. The number of halogens is 3. The van der Waals surface area contributed by atoms with Gasteiger partial charge >= 0.3 is 7.60 Å². The molecule has 3 aliphatic rings. The molecule has 2 aromatic heterocycles. The lowest BCUT2D eigenvalue weighted by Crippen LogP contribution is -2.31. The van der Waals surface area contributed by atoms with Gasteiger partial charge in [-0.3, -0.25) is 4.57 Å². The van der Waals surface area contributed by atoms with Gasteiger partial charge in [0.2, 0.25) is 0 Å². The van der Waals surface area contributed by atoms with E-state index in [1.807, 2.05) is 6.07 Å². The van der Waals surface area contributed by atoms with E-state index < -0.39 is 50.4 Å². The van der Waals surface area contributed by atoms with Crippen molar-refractivity contribution in [2.45, 2.75) is 56.5 Å². The fourth-order valence-electron chi connectivity index (χ4n) is 4.83. The molecule has 5 rings (SSSR count). The van der Waals surface area contributed by atoms with Crippen molar-refractivity contribution in [1.29, 1.82) is 5.26 Å². The number of ether oxygens (including phenoxy) is 3. The van der Waals surface area contributed by atoms with E-state index in [1.54, 1.807) is 13.8 Å². The van der Waals surface area contributed by atoms with Gasteiger partial charge in [0.05, 0.1) is 35.4 Å². The highest BCUT2D eigenvalue weighted by atomic mass is 35.5. The fourth-order valence-corrected chi connectivity index (χ4v) is 6.92. The molecule has 16 heteroatoms. The number of hydrogen-bond acceptors (Lipinski definition) is 9. The van der Waals surface area contributed by atoms with Crippen LogP contribution in [0.5, 0.6) is 0 Å². The highest BCUT2D eigenvalue weighted by molar-refractivity contribution is 8.04. The molecule has 0 aliphatic carbocycles. The minimum Gasteiger partial charge on any atom is -0.363 e. The van der Waals surface area contributed by atoms with Crippen molar-refractivity contribution < 1.29 is 37.3 Å². The molecule has 0 saturated carbocycles. The third-order valence-electron chi connectivity index (χ3n) is 6.18. The van der Waals surface area contributed by atoms with E-state index in [0.29, 0.717) is 5.39 Å². The van der Waals surface area contributed by atoms with E-state index in [-0.39, 0.29) is 46.3 Å². The summed E-state index contributed by atoms with van der Waals surface area (Å²) < 4.78 is 59.0. The molecule has 3 saturated heterocycles. The van der Waals surface area contributed by atoms with E-state index in [0.717, 1.165) is 11.8 Å². The van der Waals surface area contributed by atoms with Crippen LogP contribution in [0.15, 0.2) is 6.20 Å².